The molecular weight excluding hydrogens is 419 g/mol. The number of hydrogen-bond acceptors (Lipinski definition) is 4. The van der Waals surface area contributed by atoms with Crippen LogP contribution in [-0.2, 0) is 11.2 Å². The average Bonchev–Trinajstić information content (AvgIpc) is 2.77. The molecule has 0 saturated carbocycles. The molecule has 1 aromatic heterocycles. The topological polar surface area (TPSA) is 70.5 Å². The van der Waals surface area contributed by atoms with Crippen molar-refractivity contribution in [3.8, 4) is 16.9 Å². The molecule has 7 heteroatoms. The lowest BCUT2D eigenvalue weighted by molar-refractivity contribution is -0.118. The Hall–Kier alpha value is -3.25. The maximum atomic E-state index is 14.6. The number of nitrogens with zero attached hydrogens (tertiary/aromatic N) is 2. The summed E-state index contributed by atoms with van der Waals surface area (Å²) in [7, 11) is 1.52. The van der Waals surface area contributed by atoms with Crippen LogP contribution in [0.1, 0.15) is 35.7 Å². The Morgan fingerprint density at radius 3 is 2.48 bits per heavy atom. The summed E-state index contributed by atoms with van der Waals surface area (Å²) >= 11 is 6.02. The number of aromatic nitrogens is 1. The zero-order valence-electron chi connectivity index (χ0n) is 17.2. The summed E-state index contributed by atoms with van der Waals surface area (Å²) in [6.45, 7) is 1.71. The minimum Gasteiger partial charge on any atom is -0.507 e. The van der Waals surface area contributed by atoms with Crippen molar-refractivity contribution in [2.45, 2.75) is 26.2 Å². The van der Waals surface area contributed by atoms with E-state index in [1.165, 1.54) is 36.2 Å². The summed E-state index contributed by atoms with van der Waals surface area (Å²) < 4.78 is 14.6. The summed E-state index contributed by atoms with van der Waals surface area (Å²) in [5.41, 5.74) is 2.21. The maximum absolute atomic E-state index is 14.6. The number of hydrogen-bond donors (Lipinski definition) is 1. The molecule has 0 fully saturated rings. The van der Waals surface area contributed by atoms with Crippen LogP contribution in [0.15, 0.2) is 54.7 Å². The Bertz CT molecular complexity index is 1130. The second-order valence-electron chi connectivity index (χ2n) is 7.08. The standard InChI is InChI=1S/C24H22ClFN2O3/c1-3-23(31)28(2)20-10-7-16(13-19(20)26)17-6-9-18(22(30)14-17)21(29)11-8-15-5-4-12-27-24(15)25/h4-7,9-10,12-14,30H,3,8,11H2,1-2H3. The zero-order valence-corrected chi connectivity index (χ0v) is 18.0. The first-order valence-corrected chi connectivity index (χ1v) is 10.2. The predicted molar refractivity (Wildman–Crippen MR) is 119 cm³/mol. The molecule has 0 bridgehead atoms. The number of carbonyl (C=O) groups excluding carboxylic acids is 2. The van der Waals surface area contributed by atoms with E-state index >= 15 is 0 Å². The molecule has 5 nitrogen and oxygen atoms in total. The Labute approximate surface area is 185 Å². The molecular formula is C24H22ClFN2O3. The molecule has 31 heavy (non-hydrogen) atoms. The Balaban J connectivity index is 1.77. The minimum atomic E-state index is -0.546. The number of amides is 1. The van der Waals surface area contributed by atoms with Gasteiger partial charge in [0.25, 0.3) is 0 Å². The van der Waals surface area contributed by atoms with Crippen LogP contribution in [0, 0.1) is 5.82 Å². The number of phenolic OH excluding ortho intramolecular Hbond substituents is 1. The number of aromatic hydroxyl groups is 1. The zero-order chi connectivity index (χ0) is 22.5. The second-order valence-corrected chi connectivity index (χ2v) is 7.44. The quantitative estimate of drug-likeness (QED) is 0.392. The number of Topliss-reactive ketones (excluding diaryl/α,β-unsaturated/α-hetero) is 1. The van der Waals surface area contributed by atoms with Crippen molar-refractivity contribution in [3.05, 3.63) is 76.8 Å². The molecule has 3 rings (SSSR count). The van der Waals surface area contributed by atoms with Gasteiger partial charge in [0.05, 0.1) is 11.3 Å². The van der Waals surface area contributed by atoms with E-state index in [9.17, 15) is 19.1 Å². The van der Waals surface area contributed by atoms with Crippen molar-refractivity contribution in [2.75, 3.05) is 11.9 Å². The highest BCUT2D eigenvalue weighted by molar-refractivity contribution is 6.30. The lowest BCUT2D eigenvalue weighted by Crippen LogP contribution is -2.25. The highest BCUT2D eigenvalue weighted by Crippen LogP contribution is 2.31. The molecule has 1 heterocycles. The van der Waals surface area contributed by atoms with Gasteiger partial charge in [0.15, 0.2) is 5.78 Å². The van der Waals surface area contributed by atoms with Gasteiger partial charge in [-0.2, -0.15) is 0 Å². The number of halogens is 2. The van der Waals surface area contributed by atoms with E-state index in [1.807, 2.05) is 0 Å². The lowest BCUT2D eigenvalue weighted by Gasteiger charge is -2.18. The molecule has 0 aliphatic heterocycles. The summed E-state index contributed by atoms with van der Waals surface area (Å²) in [5, 5.41) is 10.7. The number of pyridine rings is 1. The van der Waals surface area contributed by atoms with E-state index in [0.29, 0.717) is 22.7 Å². The molecule has 0 aliphatic carbocycles. The molecule has 160 valence electrons. The van der Waals surface area contributed by atoms with Gasteiger partial charge in [-0.3, -0.25) is 9.59 Å². The minimum absolute atomic E-state index is 0.166. The second kappa shape index (κ2) is 9.71. The van der Waals surface area contributed by atoms with Crippen molar-refractivity contribution in [2.24, 2.45) is 0 Å². The summed E-state index contributed by atoms with van der Waals surface area (Å²) in [5.74, 6) is -1.15. The van der Waals surface area contributed by atoms with Gasteiger partial charge in [0.1, 0.15) is 16.7 Å². The smallest absolute Gasteiger partial charge is 0.226 e. The Morgan fingerprint density at radius 1 is 1.13 bits per heavy atom. The van der Waals surface area contributed by atoms with Gasteiger partial charge in [0, 0.05) is 26.1 Å². The van der Waals surface area contributed by atoms with Crippen LogP contribution in [0.5, 0.6) is 5.75 Å². The monoisotopic (exact) mass is 440 g/mol. The van der Waals surface area contributed by atoms with Crippen molar-refractivity contribution < 1.29 is 19.1 Å². The number of phenols is 1. The number of anilines is 1. The van der Waals surface area contributed by atoms with Crippen molar-refractivity contribution in [1.29, 1.82) is 0 Å². The largest absolute Gasteiger partial charge is 0.507 e. The van der Waals surface area contributed by atoms with Crippen LogP contribution >= 0.6 is 11.6 Å². The summed E-state index contributed by atoms with van der Waals surface area (Å²) in [4.78, 5) is 29.6. The third-order valence-corrected chi connectivity index (χ3v) is 5.42. The molecule has 1 amide bonds. The fraction of sp³-hybridized carbons (Fsp3) is 0.208. The Kier molecular flexibility index (Phi) is 7.02. The highest BCUT2D eigenvalue weighted by Gasteiger charge is 2.16. The third kappa shape index (κ3) is 5.09. The molecule has 0 aliphatic rings. The van der Waals surface area contributed by atoms with E-state index in [4.69, 9.17) is 11.6 Å². The maximum Gasteiger partial charge on any atom is 0.226 e. The van der Waals surface area contributed by atoms with Crippen molar-refractivity contribution >= 4 is 29.0 Å². The molecule has 0 saturated heterocycles. The van der Waals surface area contributed by atoms with Gasteiger partial charge in [-0.15, -0.1) is 0 Å². The molecule has 0 radical (unpaired) electrons. The highest BCUT2D eigenvalue weighted by atomic mass is 35.5. The fourth-order valence-corrected chi connectivity index (χ4v) is 3.48. The molecule has 0 spiro atoms. The van der Waals surface area contributed by atoms with Gasteiger partial charge in [0.2, 0.25) is 5.91 Å². The normalized spacial score (nSPS) is 10.7. The number of benzene rings is 2. The van der Waals surface area contributed by atoms with Crippen LogP contribution in [0.2, 0.25) is 5.15 Å². The van der Waals surface area contributed by atoms with E-state index in [0.717, 1.165) is 5.56 Å². The van der Waals surface area contributed by atoms with Gasteiger partial charge in [-0.25, -0.2) is 9.37 Å². The summed E-state index contributed by atoms with van der Waals surface area (Å²) in [6, 6.07) is 12.6. The van der Waals surface area contributed by atoms with Gasteiger partial charge in [-0.05, 0) is 53.4 Å². The van der Waals surface area contributed by atoms with E-state index in [1.54, 1.807) is 37.4 Å². The van der Waals surface area contributed by atoms with E-state index < -0.39 is 5.82 Å². The lowest BCUT2D eigenvalue weighted by atomic mass is 9.98. The van der Waals surface area contributed by atoms with Crippen LogP contribution < -0.4 is 4.90 Å². The first kappa shape index (κ1) is 22.4. The molecule has 2 aromatic carbocycles. The molecule has 0 unspecified atom stereocenters. The molecule has 3 aromatic rings. The van der Waals surface area contributed by atoms with E-state index in [2.05, 4.69) is 4.98 Å². The first-order valence-electron chi connectivity index (χ1n) is 9.84. The molecule has 0 atom stereocenters. The van der Waals surface area contributed by atoms with Gasteiger partial charge >= 0.3 is 0 Å². The number of rotatable bonds is 7. The van der Waals surface area contributed by atoms with Crippen LogP contribution in [0.3, 0.4) is 0 Å². The average molecular weight is 441 g/mol. The van der Waals surface area contributed by atoms with Crippen molar-refractivity contribution in [3.63, 3.8) is 0 Å². The Morgan fingerprint density at radius 2 is 1.84 bits per heavy atom. The van der Waals surface area contributed by atoms with Gasteiger partial charge in [-0.1, -0.05) is 36.7 Å². The first-order chi connectivity index (χ1) is 14.8. The van der Waals surface area contributed by atoms with Crippen LogP contribution in [0.4, 0.5) is 10.1 Å². The number of carbonyl (C=O) groups is 2. The van der Waals surface area contributed by atoms with Crippen molar-refractivity contribution in [1.82, 2.24) is 4.98 Å². The molecule has 1 N–H and O–H groups in total. The predicted octanol–water partition coefficient (Wildman–Crippen LogP) is 5.44. The van der Waals surface area contributed by atoms with Crippen LogP contribution in [0.25, 0.3) is 11.1 Å². The van der Waals surface area contributed by atoms with E-state index in [-0.39, 0.29) is 41.5 Å². The third-order valence-electron chi connectivity index (χ3n) is 5.07. The van der Waals surface area contributed by atoms with Crippen LogP contribution in [-0.4, -0.2) is 28.8 Å². The number of ketones is 1. The SMILES string of the molecule is CCC(=O)N(C)c1ccc(-c2ccc(C(=O)CCc3cccnc3Cl)c(O)c2)cc1F. The summed E-state index contributed by atoms with van der Waals surface area (Å²) in [6.07, 6.45) is 2.42. The number of aryl methyl sites for hydroxylation is 1. The van der Waals surface area contributed by atoms with Gasteiger partial charge < -0.3 is 10.0 Å². The fourth-order valence-electron chi connectivity index (χ4n) is 3.27.